The van der Waals surface area contributed by atoms with Crippen molar-refractivity contribution >= 4 is 17.7 Å². The maximum absolute atomic E-state index is 10.6. The van der Waals surface area contributed by atoms with Gasteiger partial charge in [0.05, 0.1) is 0 Å². The molecule has 0 aromatic carbocycles. The monoisotopic (exact) mass is 328 g/mol. The van der Waals surface area contributed by atoms with E-state index < -0.39 is 0 Å². The maximum Gasteiger partial charge on any atom is 1.00 e. The van der Waals surface area contributed by atoms with Gasteiger partial charge in [-0.15, -0.1) is 12.6 Å². The van der Waals surface area contributed by atoms with Crippen LogP contribution in [-0.2, 0) is 4.79 Å². The minimum absolute atomic E-state index is 0. The van der Waals surface area contributed by atoms with Crippen LogP contribution in [0.15, 0.2) is 0 Å². The van der Waals surface area contributed by atoms with Crippen molar-refractivity contribution in [3.8, 4) is 0 Å². The number of hydrogen-bond acceptors (Lipinski definition) is 2. The quantitative estimate of drug-likeness (QED) is 0.303. The first-order valence-electron chi connectivity index (χ1n) is 7.99. The molecule has 0 aromatic heterocycles. The standard InChI is InChI=1S/C16H32OS.K.H2O/c1-2-3-4-5-6-7-8-9-10-11-12-13-14-15-16(17)18;;/h2-15H2,1H3,(H,17,18);;1H2/q;+1;/p-1. The van der Waals surface area contributed by atoms with Gasteiger partial charge in [0.15, 0.2) is 5.12 Å². The molecule has 0 aliphatic heterocycles. The van der Waals surface area contributed by atoms with E-state index in [9.17, 15) is 4.79 Å². The van der Waals surface area contributed by atoms with Crippen molar-refractivity contribution in [2.45, 2.75) is 96.8 Å². The Labute approximate surface area is 174 Å². The first kappa shape index (κ1) is 26.5. The molecule has 1 N–H and O–H groups in total. The van der Waals surface area contributed by atoms with Crippen LogP contribution in [0.5, 0.6) is 0 Å². The predicted molar refractivity (Wildman–Crippen MR) is 86.2 cm³/mol. The van der Waals surface area contributed by atoms with Crippen molar-refractivity contribution in [1.29, 1.82) is 0 Å². The van der Waals surface area contributed by atoms with E-state index in [1.165, 1.54) is 77.0 Å². The fraction of sp³-hybridized carbons (Fsp3) is 0.938. The molecule has 116 valence electrons. The second kappa shape index (κ2) is 22.9. The van der Waals surface area contributed by atoms with E-state index in [1.807, 2.05) is 0 Å². The molecular formula is C16H33KO2S. The van der Waals surface area contributed by atoms with E-state index in [0.29, 0.717) is 6.42 Å². The summed E-state index contributed by atoms with van der Waals surface area (Å²) in [7, 11) is 0. The zero-order valence-corrected chi connectivity index (χ0v) is 17.7. The van der Waals surface area contributed by atoms with Crippen molar-refractivity contribution in [2.24, 2.45) is 0 Å². The average Bonchev–Trinajstić information content (AvgIpc) is 2.34. The van der Waals surface area contributed by atoms with Gasteiger partial charge in [0.1, 0.15) is 0 Å². The Balaban J connectivity index is -0.00000144. The van der Waals surface area contributed by atoms with Gasteiger partial charge in [-0.3, -0.25) is 4.79 Å². The normalized spacial score (nSPS) is 9.70. The molecule has 0 unspecified atom stereocenters. The molecule has 0 saturated carbocycles. The molecule has 0 rings (SSSR count). The zero-order valence-electron chi connectivity index (χ0n) is 13.7. The van der Waals surface area contributed by atoms with Crippen LogP contribution in [0.3, 0.4) is 0 Å². The molecular weight excluding hydrogens is 295 g/mol. The van der Waals surface area contributed by atoms with Crippen LogP contribution in [0.1, 0.15) is 96.8 Å². The van der Waals surface area contributed by atoms with Crippen LogP contribution < -0.4 is 51.4 Å². The Bertz CT molecular complexity index is 189. The largest absolute Gasteiger partial charge is 1.00 e. The smallest absolute Gasteiger partial charge is 0.870 e. The molecule has 0 radical (unpaired) electrons. The summed E-state index contributed by atoms with van der Waals surface area (Å²) >= 11 is 3.77. The number of hydrogen-bond donors (Lipinski definition) is 1. The van der Waals surface area contributed by atoms with Crippen LogP contribution >= 0.6 is 12.6 Å². The molecule has 0 spiro atoms. The summed E-state index contributed by atoms with van der Waals surface area (Å²) in [4.78, 5) is 10.6. The molecule has 2 nitrogen and oxygen atoms in total. The van der Waals surface area contributed by atoms with Crippen molar-refractivity contribution in [3.63, 3.8) is 0 Å². The number of carbonyl (C=O) groups excluding carboxylic acids is 1. The number of rotatable bonds is 14. The Morgan fingerprint density at radius 1 is 0.700 bits per heavy atom. The Kier molecular flexibility index (Phi) is 30.3. The molecule has 4 heteroatoms. The van der Waals surface area contributed by atoms with E-state index in [1.54, 1.807) is 0 Å². The average molecular weight is 329 g/mol. The van der Waals surface area contributed by atoms with Gasteiger partial charge in [-0.1, -0.05) is 84.0 Å². The SMILES string of the molecule is CCCCCCCCCCCCCCCC(=O)S.[K+].[OH-]. The second-order valence-electron chi connectivity index (χ2n) is 5.39. The second-order valence-corrected chi connectivity index (χ2v) is 5.89. The van der Waals surface area contributed by atoms with Gasteiger partial charge in [-0.2, -0.15) is 0 Å². The molecule has 0 bridgehead atoms. The molecule has 20 heavy (non-hydrogen) atoms. The fourth-order valence-electron chi connectivity index (χ4n) is 2.29. The number of thiol groups is 1. The van der Waals surface area contributed by atoms with E-state index in [4.69, 9.17) is 0 Å². The van der Waals surface area contributed by atoms with Crippen LogP contribution in [0, 0.1) is 0 Å². The summed E-state index contributed by atoms with van der Waals surface area (Å²) in [6, 6.07) is 0. The molecule has 0 heterocycles. The zero-order chi connectivity index (χ0) is 13.5. The summed E-state index contributed by atoms with van der Waals surface area (Å²) < 4.78 is 0. The van der Waals surface area contributed by atoms with Gasteiger partial charge in [-0.25, -0.2) is 0 Å². The van der Waals surface area contributed by atoms with Crippen LogP contribution in [-0.4, -0.2) is 10.6 Å². The maximum atomic E-state index is 10.6. The molecule has 0 aliphatic rings. The Hall–Kier alpha value is 1.62. The third kappa shape index (κ3) is 24.6. The Morgan fingerprint density at radius 2 is 1.00 bits per heavy atom. The van der Waals surface area contributed by atoms with Gasteiger partial charge in [0.25, 0.3) is 0 Å². The first-order valence-corrected chi connectivity index (χ1v) is 8.44. The van der Waals surface area contributed by atoms with E-state index in [-0.39, 0.29) is 62.0 Å². The minimum atomic E-state index is 0. The summed E-state index contributed by atoms with van der Waals surface area (Å²) in [5.74, 6) is 0. The topological polar surface area (TPSA) is 47.1 Å². The predicted octanol–water partition coefficient (Wildman–Crippen LogP) is 2.75. The van der Waals surface area contributed by atoms with E-state index in [0.717, 1.165) is 6.42 Å². The van der Waals surface area contributed by atoms with Crippen molar-refractivity contribution in [1.82, 2.24) is 0 Å². The van der Waals surface area contributed by atoms with Crippen molar-refractivity contribution in [3.05, 3.63) is 0 Å². The molecule has 0 atom stereocenters. The number of unbranched alkanes of at least 4 members (excludes halogenated alkanes) is 12. The third-order valence-electron chi connectivity index (χ3n) is 3.49. The van der Waals surface area contributed by atoms with Crippen molar-refractivity contribution < 1.29 is 61.7 Å². The summed E-state index contributed by atoms with van der Waals surface area (Å²) in [6.45, 7) is 2.27. The van der Waals surface area contributed by atoms with E-state index >= 15 is 0 Å². The van der Waals surface area contributed by atoms with Gasteiger partial charge >= 0.3 is 51.4 Å². The van der Waals surface area contributed by atoms with Crippen molar-refractivity contribution in [2.75, 3.05) is 0 Å². The summed E-state index contributed by atoms with van der Waals surface area (Å²) in [6.07, 6.45) is 18.2. The third-order valence-corrected chi connectivity index (χ3v) is 3.72. The van der Waals surface area contributed by atoms with Gasteiger partial charge in [-0.05, 0) is 6.42 Å². The molecule has 0 aromatic rings. The fourth-order valence-corrected chi connectivity index (χ4v) is 2.45. The molecule has 0 amide bonds. The van der Waals surface area contributed by atoms with E-state index in [2.05, 4.69) is 19.6 Å². The number of carbonyl (C=O) groups is 1. The van der Waals surface area contributed by atoms with Crippen LogP contribution in [0.2, 0.25) is 0 Å². The molecule has 0 saturated heterocycles. The van der Waals surface area contributed by atoms with Gasteiger partial charge in [0, 0.05) is 6.42 Å². The molecule has 0 fully saturated rings. The van der Waals surface area contributed by atoms with Gasteiger partial charge in [0.2, 0.25) is 0 Å². The van der Waals surface area contributed by atoms with Crippen LogP contribution in [0.25, 0.3) is 0 Å². The Morgan fingerprint density at radius 3 is 1.30 bits per heavy atom. The summed E-state index contributed by atoms with van der Waals surface area (Å²) in [5, 5.41) is 0.0399. The molecule has 0 aliphatic carbocycles. The minimum Gasteiger partial charge on any atom is -0.870 e. The first-order chi connectivity index (χ1) is 8.77. The van der Waals surface area contributed by atoms with Crippen LogP contribution in [0.4, 0.5) is 0 Å². The van der Waals surface area contributed by atoms with Gasteiger partial charge < -0.3 is 5.48 Å². The summed E-state index contributed by atoms with van der Waals surface area (Å²) in [5.41, 5.74) is 0.